The largest absolute Gasteiger partial charge is 0.366 e. The highest BCUT2D eigenvalue weighted by atomic mass is 32.1. The number of carbonyl (C=O) groups excluding carboxylic acids is 1. The quantitative estimate of drug-likeness (QED) is 0.778. The van der Waals surface area contributed by atoms with Gasteiger partial charge in [0.1, 0.15) is 0 Å². The van der Waals surface area contributed by atoms with Gasteiger partial charge in [0.2, 0.25) is 5.91 Å². The molecule has 1 amide bonds. The second kappa shape index (κ2) is 4.17. The number of rotatable bonds is 2. The molecule has 0 spiro atoms. The molecule has 3 aromatic rings. The third-order valence-corrected chi connectivity index (χ3v) is 3.90. The van der Waals surface area contributed by atoms with Crippen LogP contribution in [0, 0.1) is 13.8 Å². The Morgan fingerprint density at radius 1 is 1.37 bits per heavy atom. The van der Waals surface area contributed by atoms with Gasteiger partial charge in [-0.15, -0.1) is 11.3 Å². The van der Waals surface area contributed by atoms with Crippen molar-refractivity contribution in [2.24, 2.45) is 5.73 Å². The number of thiophene rings is 1. The average molecular weight is 273 g/mol. The molecule has 0 bridgehead atoms. The van der Waals surface area contributed by atoms with Gasteiger partial charge in [-0.3, -0.25) is 4.79 Å². The summed E-state index contributed by atoms with van der Waals surface area (Å²) in [5, 5.41) is 4.42. The highest BCUT2D eigenvalue weighted by Crippen LogP contribution is 2.30. The van der Waals surface area contributed by atoms with E-state index in [9.17, 15) is 4.79 Å². The van der Waals surface area contributed by atoms with Crippen LogP contribution in [0.15, 0.2) is 22.7 Å². The summed E-state index contributed by atoms with van der Waals surface area (Å²) < 4.78 is 5.14. The fraction of sp³-hybridized carbons (Fsp3) is 0.154. The molecule has 3 rings (SSSR count). The Balaban J connectivity index is 2.31. The molecule has 0 aliphatic rings. The highest BCUT2D eigenvalue weighted by molar-refractivity contribution is 7.15. The van der Waals surface area contributed by atoms with Gasteiger partial charge in [-0.1, -0.05) is 5.16 Å². The number of nitrogens with zero attached hydrogens (tertiary/aromatic N) is 2. The van der Waals surface area contributed by atoms with E-state index in [0.29, 0.717) is 28.1 Å². The minimum absolute atomic E-state index is 0.342. The topological polar surface area (TPSA) is 82.0 Å². The van der Waals surface area contributed by atoms with Gasteiger partial charge in [-0.05, 0) is 32.0 Å². The van der Waals surface area contributed by atoms with Crippen molar-refractivity contribution < 1.29 is 9.32 Å². The summed E-state index contributed by atoms with van der Waals surface area (Å²) in [7, 11) is 0. The van der Waals surface area contributed by atoms with Gasteiger partial charge >= 0.3 is 0 Å². The summed E-state index contributed by atoms with van der Waals surface area (Å²) in [6.45, 7) is 3.77. The molecule has 6 heteroatoms. The molecule has 19 heavy (non-hydrogen) atoms. The van der Waals surface area contributed by atoms with Crippen LogP contribution in [0.4, 0.5) is 0 Å². The van der Waals surface area contributed by atoms with Gasteiger partial charge in [0.05, 0.1) is 27.2 Å². The van der Waals surface area contributed by atoms with Crippen molar-refractivity contribution in [3.8, 4) is 10.6 Å². The van der Waals surface area contributed by atoms with Gasteiger partial charge in [-0.2, -0.15) is 0 Å². The minimum atomic E-state index is -0.506. The average Bonchev–Trinajstić information content (AvgIpc) is 2.95. The van der Waals surface area contributed by atoms with Crippen LogP contribution in [0.25, 0.3) is 21.7 Å². The van der Waals surface area contributed by atoms with Gasteiger partial charge < -0.3 is 10.3 Å². The van der Waals surface area contributed by atoms with Crippen molar-refractivity contribution in [3.05, 3.63) is 34.3 Å². The molecule has 0 aromatic carbocycles. The van der Waals surface area contributed by atoms with Gasteiger partial charge in [0.25, 0.3) is 5.71 Å². The van der Waals surface area contributed by atoms with E-state index in [2.05, 4.69) is 10.1 Å². The number of carbonyl (C=O) groups is 1. The number of aryl methyl sites for hydroxylation is 2. The van der Waals surface area contributed by atoms with Crippen LogP contribution >= 0.6 is 11.3 Å². The van der Waals surface area contributed by atoms with Crippen molar-refractivity contribution in [3.63, 3.8) is 0 Å². The number of fused-ring (bicyclic) bond motifs is 1. The van der Waals surface area contributed by atoms with E-state index in [0.717, 1.165) is 4.88 Å². The van der Waals surface area contributed by atoms with Crippen molar-refractivity contribution in [2.75, 3.05) is 0 Å². The molecule has 2 N–H and O–H groups in total. The maximum absolute atomic E-state index is 11.6. The number of aromatic nitrogens is 2. The molecule has 0 radical (unpaired) electrons. The Hall–Kier alpha value is -2.21. The van der Waals surface area contributed by atoms with Gasteiger partial charge in [0.15, 0.2) is 0 Å². The maximum atomic E-state index is 11.6. The molecule has 0 aliphatic heterocycles. The fourth-order valence-corrected chi connectivity index (χ4v) is 2.82. The number of hydrogen-bond donors (Lipinski definition) is 1. The lowest BCUT2D eigenvalue weighted by Crippen LogP contribution is -2.12. The minimum Gasteiger partial charge on any atom is -0.366 e. The zero-order chi connectivity index (χ0) is 13.6. The number of primary amides is 1. The van der Waals surface area contributed by atoms with Crippen LogP contribution in [0.5, 0.6) is 0 Å². The summed E-state index contributed by atoms with van der Waals surface area (Å²) in [6, 6.07) is 5.66. The van der Waals surface area contributed by atoms with E-state index < -0.39 is 5.91 Å². The smallest absolute Gasteiger partial charge is 0.259 e. The lowest BCUT2D eigenvalue weighted by atomic mass is 10.1. The van der Waals surface area contributed by atoms with E-state index in [-0.39, 0.29) is 0 Å². The highest BCUT2D eigenvalue weighted by Gasteiger charge is 2.17. The summed E-state index contributed by atoms with van der Waals surface area (Å²) in [5.41, 5.74) is 7.46. The Morgan fingerprint density at radius 2 is 2.16 bits per heavy atom. The zero-order valence-corrected chi connectivity index (χ0v) is 11.2. The first-order valence-electron chi connectivity index (χ1n) is 5.70. The SMILES string of the molecule is Cc1ccc(-c2cc(C(N)=O)c3c(C)noc3n2)s1. The van der Waals surface area contributed by atoms with Crippen LogP contribution < -0.4 is 5.73 Å². The molecule has 5 nitrogen and oxygen atoms in total. The van der Waals surface area contributed by atoms with Crippen LogP contribution in [-0.2, 0) is 0 Å². The molecule has 0 saturated carbocycles. The van der Waals surface area contributed by atoms with Crippen LogP contribution in [0.2, 0.25) is 0 Å². The lowest BCUT2D eigenvalue weighted by Gasteiger charge is -2.01. The molecular weight excluding hydrogens is 262 g/mol. The molecule has 96 valence electrons. The molecule has 0 fully saturated rings. The second-order valence-corrected chi connectivity index (χ2v) is 5.57. The monoisotopic (exact) mass is 273 g/mol. The Bertz CT molecular complexity index is 788. The number of amides is 1. The maximum Gasteiger partial charge on any atom is 0.259 e. The third kappa shape index (κ3) is 1.90. The van der Waals surface area contributed by atoms with Crippen molar-refractivity contribution >= 4 is 28.3 Å². The molecule has 0 aliphatic carbocycles. The summed E-state index contributed by atoms with van der Waals surface area (Å²) >= 11 is 1.60. The Morgan fingerprint density at radius 3 is 2.79 bits per heavy atom. The van der Waals surface area contributed by atoms with E-state index in [1.54, 1.807) is 24.3 Å². The molecule has 0 unspecified atom stereocenters. The van der Waals surface area contributed by atoms with Crippen molar-refractivity contribution in [1.82, 2.24) is 10.1 Å². The van der Waals surface area contributed by atoms with Crippen molar-refractivity contribution in [2.45, 2.75) is 13.8 Å². The van der Waals surface area contributed by atoms with E-state index in [1.165, 1.54) is 4.88 Å². The van der Waals surface area contributed by atoms with E-state index >= 15 is 0 Å². The summed E-state index contributed by atoms with van der Waals surface area (Å²) in [4.78, 5) is 18.1. The zero-order valence-electron chi connectivity index (χ0n) is 10.4. The standard InChI is InChI=1S/C13H11N3O2S/c1-6-3-4-10(19-6)9-5-8(12(14)17)11-7(2)16-18-13(11)15-9/h3-5H,1-2H3,(H2,14,17). The number of hydrogen-bond acceptors (Lipinski definition) is 5. The molecule has 0 atom stereocenters. The summed E-state index contributed by atoms with van der Waals surface area (Å²) in [6.07, 6.45) is 0. The van der Waals surface area contributed by atoms with Crippen molar-refractivity contribution in [1.29, 1.82) is 0 Å². The van der Waals surface area contributed by atoms with E-state index in [1.807, 2.05) is 19.1 Å². The molecule has 3 aromatic heterocycles. The van der Waals surface area contributed by atoms with Crippen LogP contribution in [0.1, 0.15) is 20.9 Å². The predicted octanol–water partition coefficient (Wildman–Crippen LogP) is 2.67. The first-order chi connectivity index (χ1) is 9.06. The summed E-state index contributed by atoms with van der Waals surface area (Å²) in [5.74, 6) is -0.506. The van der Waals surface area contributed by atoms with Crippen LogP contribution in [0.3, 0.4) is 0 Å². The number of nitrogens with two attached hydrogens (primary N) is 1. The Labute approximate surface area is 113 Å². The second-order valence-electron chi connectivity index (χ2n) is 4.28. The number of pyridine rings is 1. The molecular formula is C13H11N3O2S. The first-order valence-corrected chi connectivity index (χ1v) is 6.51. The molecule has 3 heterocycles. The predicted molar refractivity (Wildman–Crippen MR) is 73.1 cm³/mol. The fourth-order valence-electron chi connectivity index (χ4n) is 1.99. The lowest BCUT2D eigenvalue weighted by molar-refractivity contribution is 0.100. The molecule has 0 saturated heterocycles. The van der Waals surface area contributed by atoms with Gasteiger partial charge in [0, 0.05) is 4.88 Å². The normalized spacial score (nSPS) is 11.1. The van der Waals surface area contributed by atoms with Gasteiger partial charge in [-0.25, -0.2) is 4.98 Å². The Kier molecular flexibility index (Phi) is 2.60. The van der Waals surface area contributed by atoms with E-state index in [4.69, 9.17) is 10.3 Å². The van der Waals surface area contributed by atoms with Crippen LogP contribution in [-0.4, -0.2) is 16.0 Å². The first kappa shape index (κ1) is 11.9. The third-order valence-electron chi connectivity index (χ3n) is 2.88.